The van der Waals surface area contributed by atoms with E-state index >= 15 is 0 Å². The van der Waals surface area contributed by atoms with Crippen molar-refractivity contribution in [3.63, 3.8) is 0 Å². The number of piperazine rings is 1. The van der Waals surface area contributed by atoms with Gasteiger partial charge in [-0.25, -0.2) is 0 Å². The molecule has 1 aromatic rings. The van der Waals surface area contributed by atoms with Crippen molar-refractivity contribution in [2.24, 2.45) is 0 Å². The first-order valence-electron chi connectivity index (χ1n) is 6.46. The molecule has 1 unspecified atom stereocenters. The molecular formula is C14H18N2O2. The van der Waals surface area contributed by atoms with Gasteiger partial charge in [0.1, 0.15) is 0 Å². The van der Waals surface area contributed by atoms with E-state index in [1.807, 2.05) is 4.90 Å². The summed E-state index contributed by atoms with van der Waals surface area (Å²) < 4.78 is 5.05. The van der Waals surface area contributed by atoms with E-state index in [0.717, 1.165) is 26.2 Å². The fourth-order valence-corrected chi connectivity index (χ4v) is 2.40. The first-order valence-corrected chi connectivity index (χ1v) is 6.46. The maximum Gasteiger partial charge on any atom is 0.254 e. The second-order valence-electron chi connectivity index (χ2n) is 4.97. The van der Waals surface area contributed by atoms with Crippen LogP contribution in [0.3, 0.4) is 0 Å². The summed E-state index contributed by atoms with van der Waals surface area (Å²) in [7, 11) is 0. The smallest absolute Gasteiger partial charge is 0.254 e. The molecule has 2 aliphatic rings. The van der Waals surface area contributed by atoms with Gasteiger partial charge in [-0.15, -0.1) is 0 Å². The van der Waals surface area contributed by atoms with Crippen molar-refractivity contribution in [1.29, 1.82) is 0 Å². The molecule has 1 atom stereocenters. The molecule has 0 saturated carbocycles. The van der Waals surface area contributed by atoms with E-state index < -0.39 is 0 Å². The number of carbonyl (C=O) groups excluding carboxylic acids is 1. The van der Waals surface area contributed by atoms with Gasteiger partial charge < -0.3 is 14.5 Å². The van der Waals surface area contributed by atoms with Gasteiger partial charge in [0, 0.05) is 31.9 Å². The Balaban J connectivity index is 1.61. The van der Waals surface area contributed by atoms with Crippen LogP contribution in [-0.4, -0.2) is 49.7 Å². The second kappa shape index (κ2) is 4.61. The number of epoxide rings is 1. The van der Waals surface area contributed by atoms with E-state index in [0.29, 0.717) is 6.61 Å². The van der Waals surface area contributed by atoms with Gasteiger partial charge >= 0.3 is 0 Å². The Kier molecular flexibility index (Phi) is 2.96. The molecule has 0 aromatic heterocycles. The summed E-state index contributed by atoms with van der Waals surface area (Å²) in [6, 6.07) is 8.52. The lowest BCUT2D eigenvalue weighted by Crippen LogP contribution is -2.50. The van der Waals surface area contributed by atoms with Gasteiger partial charge in [0.05, 0.1) is 6.61 Å². The fourth-order valence-electron chi connectivity index (χ4n) is 2.40. The number of benzene rings is 1. The molecule has 1 amide bonds. The van der Waals surface area contributed by atoms with Crippen LogP contribution in [0, 0.1) is 6.92 Å². The van der Waals surface area contributed by atoms with Crippen LogP contribution in [0.1, 0.15) is 5.56 Å². The summed E-state index contributed by atoms with van der Waals surface area (Å²) in [5, 5.41) is 0. The molecule has 18 heavy (non-hydrogen) atoms. The lowest BCUT2D eigenvalue weighted by Gasteiger charge is -2.36. The van der Waals surface area contributed by atoms with Crippen molar-refractivity contribution in [2.75, 3.05) is 37.7 Å². The lowest BCUT2D eigenvalue weighted by atomic mass is 10.2. The Hall–Kier alpha value is -1.55. The topological polar surface area (TPSA) is 36.1 Å². The fraction of sp³-hybridized carbons (Fsp3) is 0.500. The SMILES string of the molecule is Cc1cccc(N2CCN(C(=O)C3CO3)CC2)c1. The molecule has 2 fully saturated rings. The molecule has 4 nitrogen and oxygen atoms in total. The second-order valence-corrected chi connectivity index (χ2v) is 4.97. The normalized spacial score (nSPS) is 23.1. The maximum atomic E-state index is 11.8. The summed E-state index contributed by atoms with van der Waals surface area (Å²) in [6.45, 7) is 6.12. The van der Waals surface area contributed by atoms with E-state index in [9.17, 15) is 4.79 Å². The number of ether oxygens (including phenoxy) is 1. The van der Waals surface area contributed by atoms with Crippen molar-refractivity contribution in [3.8, 4) is 0 Å². The highest BCUT2D eigenvalue weighted by Gasteiger charge is 2.36. The van der Waals surface area contributed by atoms with Crippen LogP contribution in [0.5, 0.6) is 0 Å². The van der Waals surface area contributed by atoms with Crippen LogP contribution in [0.25, 0.3) is 0 Å². The number of anilines is 1. The van der Waals surface area contributed by atoms with Gasteiger partial charge in [0.15, 0.2) is 6.10 Å². The third-order valence-electron chi connectivity index (χ3n) is 3.57. The monoisotopic (exact) mass is 246 g/mol. The zero-order valence-electron chi connectivity index (χ0n) is 10.6. The summed E-state index contributed by atoms with van der Waals surface area (Å²) in [4.78, 5) is 16.1. The van der Waals surface area contributed by atoms with E-state index in [1.165, 1.54) is 11.3 Å². The standard InChI is InChI=1S/C14H18N2O2/c1-11-3-2-4-12(9-11)15-5-7-16(8-6-15)14(17)13-10-18-13/h2-4,9,13H,5-8,10H2,1H3. The van der Waals surface area contributed by atoms with Gasteiger partial charge in [-0.2, -0.15) is 0 Å². The summed E-state index contributed by atoms with van der Waals surface area (Å²) in [5.74, 6) is 0.166. The Morgan fingerprint density at radius 2 is 2.00 bits per heavy atom. The minimum absolute atomic E-state index is 0.143. The highest BCUT2D eigenvalue weighted by Crippen LogP contribution is 2.19. The van der Waals surface area contributed by atoms with Gasteiger partial charge in [-0.3, -0.25) is 4.79 Å². The third kappa shape index (κ3) is 2.34. The van der Waals surface area contributed by atoms with Crippen molar-refractivity contribution < 1.29 is 9.53 Å². The molecular weight excluding hydrogens is 228 g/mol. The number of hydrogen-bond acceptors (Lipinski definition) is 3. The average molecular weight is 246 g/mol. The number of nitrogens with zero attached hydrogens (tertiary/aromatic N) is 2. The Morgan fingerprint density at radius 1 is 1.28 bits per heavy atom. The predicted octanol–water partition coefficient (Wildman–Crippen LogP) is 1.04. The zero-order chi connectivity index (χ0) is 12.5. The molecule has 0 radical (unpaired) electrons. The molecule has 4 heteroatoms. The van der Waals surface area contributed by atoms with Crippen LogP contribution in [0.2, 0.25) is 0 Å². The highest BCUT2D eigenvalue weighted by atomic mass is 16.6. The number of aryl methyl sites for hydroxylation is 1. The quantitative estimate of drug-likeness (QED) is 0.732. The van der Waals surface area contributed by atoms with Crippen LogP contribution in [0.15, 0.2) is 24.3 Å². The largest absolute Gasteiger partial charge is 0.368 e. The molecule has 1 aromatic carbocycles. The minimum atomic E-state index is -0.143. The average Bonchev–Trinajstić information content (AvgIpc) is 3.22. The molecule has 96 valence electrons. The number of rotatable bonds is 2. The number of hydrogen-bond donors (Lipinski definition) is 0. The zero-order valence-corrected chi connectivity index (χ0v) is 10.6. The first-order chi connectivity index (χ1) is 8.74. The van der Waals surface area contributed by atoms with E-state index in [4.69, 9.17) is 4.74 Å². The van der Waals surface area contributed by atoms with Gasteiger partial charge in [-0.05, 0) is 24.6 Å². The van der Waals surface area contributed by atoms with Crippen molar-refractivity contribution in [2.45, 2.75) is 13.0 Å². The van der Waals surface area contributed by atoms with E-state index in [1.54, 1.807) is 0 Å². The Morgan fingerprint density at radius 3 is 2.61 bits per heavy atom. The molecule has 3 rings (SSSR count). The third-order valence-corrected chi connectivity index (χ3v) is 3.57. The van der Waals surface area contributed by atoms with Gasteiger partial charge in [0.25, 0.3) is 5.91 Å². The Bertz CT molecular complexity index is 449. The van der Waals surface area contributed by atoms with Gasteiger partial charge in [0.2, 0.25) is 0 Å². The molecule has 2 aliphatic heterocycles. The minimum Gasteiger partial charge on any atom is -0.368 e. The predicted molar refractivity (Wildman–Crippen MR) is 69.7 cm³/mol. The van der Waals surface area contributed by atoms with Crippen LogP contribution in [-0.2, 0) is 9.53 Å². The molecule has 2 heterocycles. The van der Waals surface area contributed by atoms with E-state index in [2.05, 4.69) is 36.1 Å². The molecule has 0 N–H and O–H groups in total. The van der Waals surface area contributed by atoms with Gasteiger partial charge in [-0.1, -0.05) is 12.1 Å². The lowest BCUT2D eigenvalue weighted by molar-refractivity contribution is -0.132. The summed E-state index contributed by atoms with van der Waals surface area (Å²) in [6.07, 6.45) is -0.143. The van der Waals surface area contributed by atoms with Crippen LogP contribution in [0.4, 0.5) is 5.69 Å². The molecule has 2 saturated heterocycles. The molecule has 0 spiro atoms. The van der Waals surface area contributed by atoms with Crippen LogP contribution >= 0.6 is 0 Å². The van der Waals surface area contributed by atoms with Crippen LogP contribution < -0.4 is 4.90 Å². The first kappa shape index (κ1) is 11.5. The summed E-state index contributed by atoms with van der Waals surface area (Å²) >= 11 is 0. The number of carbonyl (C=O) groups is 1. The molecule has 0 bridgehead atoms. The maximum absolute atomic E-state index is 11.8. The van der Waals surface area contributed by atoms with Crippen molar-refractivity contribution in [1.82, 2.24) is 4.90 Å². The Labute approximate surface area is 107 Å². The molecule has 0 aliphatic carbocycles. The van der Waals surface area contributed by atoms with Crippen molar-refractivity contribution in [3.05, 3.63) is 29.8 Å². The highest BCUT2D eigenvalue weighted by molar-refractivity contribution is 5.83. The van der Waals surface area contributed by atoms with Crippen molar-refractivity contribution >= 4 is 11.6 Å². The number of amides is 1. The summed E-state index contributed by atoms with van der Waals surface area (Å²) in [5.41, 5.74) is 2.53. The van der Waals surface area contributed by atoms with E-state index in [-0.39, 0.29) is 12.0 Å².